The monoisotopic (exact) mass is 430 g/mol. The molecule has 0 atom stereocenters. The Morgan fingerprint density at radius 3 is 2.48 bits per heavy atom. The van der Waals surface area contributed by atoms with Crippen molar-refractivity contribution in [1.82, 2.24) is 15.0 Å². The van der Waals surface area contributed by atoms with Crippen molar-refractivity contribution in [3.05, 3.63) is 83.2 Å². The van der Waals surface area contributed by atoms with E-state index in [4.69, 9.17) is 5.73 Å². The SMILES string of the molecule is Cc1cc(C)cc(Nc2nccc(-c3nc(C(N)=O)c(NCc4ccccc4)s3)n2)c1. The lowest BCUT2D eigenvalue weighted by atomic mass is 10.1. The molecule has 0 bridgehead atoms. The van der Waals surface area contributed by atoms with Crippen LogP contribution in [-0.4, -0.2) is 20.9 Å². The number of hydrogen-bond acceptors (Lipinski definition) is 7. The number of carbonyl (C=O) groups is 1. The number of aromatic nitrogens is 3. The van der Waals surface area contributed by atoms with E-state index in [-0.39, 0.29) is 5.69 Å². The lowest BCUT2D eigenvalue weighted by molar-refractivity contribution is 0.0997. The summed E-state index contributed by atoms with van der Waals surface area (Å²) in [5.74, 6) is -0.127. The van der Waals surface area contributed by atoms with Crippen molar-refractivity contribution in [2.45, 2.75) is 20.4 Å². The maximum absolute atomic E-state index is 11.9. The van der Waals surface area contributed by atoms with Gasteiger partial charge >= 0.3 is 0 Å². The highest BCUT2D eigenvalue weighted by atomic mass is 32.1. The first-order chi connectivity index (χ1) is 15.0. The minimum absolute atomic E-state index is 0.207. The molecule has 0 fully saturated rings. The highest BCUT2D eigenvalue weighted by Crippen LogP contribution is 2.32. The van der Waals surface area contributed by atoms with Gasteiger partial charge in [-0.15, -0.1) is 0 Å². The predicted molar refractivity (Wildman–Crippen MR) is 125 cm³/mol. The van der Waals surface area contributed by atoms with Crippen LogP contribution in [0.1, 0.15) is 27.2 Å². The molecule has 1 amide bonds. The van der Waals surface area contributed by atoms with Crippen LogP contribution in [0.3, 0.4) is 0 Å². The zero-order valence-electron chi connectivity index (χ0n) is 17.2. The van der Waals surface area contributed by atoms with Gasteiger partial charge in [0.1, 0.15) is 15.7 Å². The fourth-order valence-electron chi connectivity index (χ4n) is 3.21. The summed E-state index contributed by atoms with van der Waals surface area (Å²) >= 11 is 1.34. The molecule has 0 unspecified atom stereocenters. The van der Waals surface area contributed by atoms with Crippen LogP contribution in [0.4, 0.5) is 16.6 Å². The smallest absolute Gasteiger partial charge is 0.270 e. The summed E-state index contributed by atoms with van der Waals surface area (Å²) < 4.78 is 0. The number of primary amides is 1. The van der Waals surface area contributed by atoms with Crippen LogP contribution in [-0.2, 0) is 6.54 Å². The van der Waals surface area contributed by atoms with Gasteiger partial charge in [-0.25, -0.2) is 15.0 Å². The Morgan fingerprint density at radius 2 is 1.77 bits per heavy atom. The summed E-state index contributed by atoms with van der Waals surface area (Å²) in [5, 5.41) is 7.71. The van der Waals surface area contributed by atoms with Crippen LogP contribution in [0.5, 0.6) is 0 Å². The van der Waals surface area contributed by atoms with E-state index in [0.29, 0.717) is 28.2 Å². The van der Waals surface area contributed by atoms with E-state index in [2.05, 4.69) is 31.7 Å². The number of anilines is 3. The van der Waals surface area contributed by atoms with Crippen LogP contribution in [0.15, 0.2) is 60.8 Å². The van der Waals surface area contributed by atoms with Gasteiger partial charge in [0.05, 0.1) is 0 Å². The number of nitrogens with two attached hydrogens (primary N) is 1. The van der Waals surface area contributed by atoms with Gasteiger partial charge in [-0.1, -0.05) is 47.7 Å². The molecule has 0 spiro atoms. The fraction of sp³-hybridized carbons (Fsp3) is 0.130. The van der Waals surface area contributed by atoms with Crippen LogP contribution in [0.25, 0.3) is 10.7 Å². The lowest BCUT2D eigenvalue weighted by Gasteiger charge is -2.07. The summed E-state index contributed by atoms with van der Waals surface area (Å²) in [4.78, 5) is 25.2. The Labute approximate surface area is 184 Å². The number of aryl methyl sites for hydroxylation is 2. The molecule has 7 nitrogen and oxygen atoms in total. The zero-order valence-corrected chi connectivity index (χ0v) is 18.0. The molecule has 0 saturated carbocycles. The highest BCUT2D eigenvalue weighted by molar-refractivity contribution is 7.19. The molecule has 31 heavy (non-hydrogen) atoms. The van der Waals surface area contributed by atoms with Crippen LogP contribution in [0, 0.1) is 13.8 Å². The maximum atomic E-state index is 11.9. The number of nitrogens with zero attached hydrogens (tertiary/aromatic N) is 3. The third kappa shape index (κ3) is 5.04. The second-order valence-electron chi connectivity index (χ2n) is 7.17. The molecule has 4 rings (SSSR count). The normalized spacial score (nSPS) is 10.6. The third-order valence-electron chi connectivity index (χ3n) is 4.51. The number of thiazole rings is 1. The van der Waals surface area contributed by atoms with Crippen molar-refractivity contribution in [2.24, 2.45) is 5.73 Å². The molecule has 0 aliphatic heterocycles. The fourth-order valence-corrected chi connectivity index (χ4v) is 4.14. The molecule has 2 heterocycles. The summed E-state index contributed by atoms with van der Waals surface area (Å²) in [7, 11) is 0. The Hall–Kier alpha value is -3.78. The van der Waals surface area contributed by atoms with Crippen molar-refractivity contribution in [2.75, 3.05) is 10.6 Å². The first kappa shape index (κ1) is 20.5. The van der Waals surface area contributed by atoms with Crippen molar-refractivity contribution < 1.29 is 4.79 Å². The molecular weight excluding hydrogens is 408 g/mol. The van der Waals surface area contributed by atoms with E-state index in [1.54, 1.807) is 12.3 Å². The molecular formula is C23H22N6OS. The van der Waals surface area contributed by atoms with E-state index in [0.717, 1.165) is 22.4 Å². The molecule has 156 valence electrons. The summed E-state index contributed by atoms with van der Waals surface area (Å²) in [6.45, 7) is 4.65. The van der Waals surface area contributed by atoms with Crippen molar-refractivity contribution in [1.29, 1.82) is 0 Å². The quantitative estimate of drug-likeness (QED) is 0.393. The standard InChI is InChI=1S/C23H22N6OS/c1-14-10-15(2)12-17(11-14)27-23-25-9-8-18(28-23)21-29-19(20(24)30)22(31-21)26-13-16-6-4-3-5-7-16/h3-12,26H,13H2,1-2H3,(H2,24,30)(H,25,27,28). The first-order valence-electron chi connectivity index (χ1n) is 9.75. The molecule has 0 saturated heterocycles. The molecule has 2 aromatic heterocycles. The van der Waals surface area contributed by atoms with E-state index >= 15 is 0 Å². The van der Waals surface area contributed by atoms with Gasteiger partial charge in [-0.2, -0.15) is 0 Å². The molecule has 0 aliphatic carbocycles. The third-order valence-corrected chi connectivity index (χ3v) is 5.54. The van der Waals surface area contributed by atoms with E-state index in [1.165, 1.54) is 11.3 Å². The Morgan fingerprint density at radius 1 is 1.03 bits per heavy atom. The largest absolute Gasteiger partial charge is 0.371 e. The van der Waals surface area contributed by atoms with Gasteiger partial charge in [-0.3, -0.25) is 4.79 Å². The molecule has 4 N–H and O–H groups in total. The number of amides is 1. The minimum Gasteiger partial charge on any atom is -0.371 e. The number of benzene rings is 2. The summed E-state index contributed by atoms with van der Waals surface area (Å²) in [6, 6.07) is 17.8. The van der Waals surface area contributed by atoms with Gasteiger partial charge in [0, 0.05) is 18.4 Å². The molecule has 0 radical (unpaired) electrons. The molecule has 2 aromatic carbocycles. The number of rotatable bonds is 7. The van der Waals surface area contributed by atoms with Crippen molar-refractivity contribution in [3.63, 3.8) is 0 Å². The topological polar surface area (TPSA) is 106 Å². The minimum atomic E-state index is -0.583. The Bertz CT molecular complexity index is 1200. The first-order valence-corrected chi connectivity index (χ1v) is 10.6. The van der Waals surface area contributed by atoms with Gasteiger partial charge in [0.2, 0.25) is 5.95 Å². The second kappa shape index (κ2) is 8.93. The Balaban J connectivity index is 1.59. The van der Waals surface area contributed by atoms with Gasteiger partial charge in [-0.05, 0) is 48.7 Å². The number of hydrogen-bond donors (Lipinski definition) is 3. The van der Waals surface area contributed by atoms with Crippen LogP contribution < -0.4 is 16.4 Å². The average Bonchev–Trinajstić information content (AvgIpc) is 3.17. The van der Waals surface area contributed by atoms with E-state index in [9.17, 15) is 4.79 Å². The second-order valence-corrected chi connectivity index (χ2v) is 8.17. The zero-order chi connectivity index (χ0) is 21.8. The van der Waals surface area contributed by atoms with E-state index < -0.39 is 5.91 Å². The predicted octanol–water partition coefficient (Wildman–Crippen LogP) is 4.67. The van der Waals surface area contributed by atoms with Crippen LogP contribution >= 0.6 is 11.3 Å². The van der Waals surface area contributed by atoms with Gasteiger partial charge < -0.3 is 16.4 Å². The van der Waals surface area contributed by atoms with Crippen molar-refractivity contribution in [3.8, 4) is 10.7 Å². The highest BCUT2D eigenvalue weighted by Gasteiger charge is 2.18. The Kier molecular flexibility index (Phi) is 5.90. The maximum Gasteiger partial charge on any atom is 0.270 e. The summed E-state index contributed by atoms with van der Waals surface area (Å²) in [5.41, 5.74) is 10.7. The van der Waals surface area contributed by atoms with Crippen LogP contribution in [0.2, 0.25) is 0 Å². The molecule has 8 heteroatoms. The number of carbonyl (C=O) groups excluding carboxylic acids is 1. The van der Waals surface area contributed by atoms with Gasteiger partial charge in [0.15, 0.2) is 5.69 Å². The number of nitrogens with one attached hydrogen (secondary N) is 2. The molecule has 4 aromatic rings. The average molecular weight is 431 g/mol. The van der Waals surface area contributed by atoms with Crippen molar-refractivity contribution >= 4 is 33.9 Å². The van der Waals surface area contributed by atoms with E-state index in [1.807, 2.05) is 56.3 Å². The lowest BCUT2D eigenvalue weighted by Crippen LogP contribution is -2.14. The van der Waals surface area contributed by atoms with Gasteiger partial charge in [0.25, 0.3) is 5.91 Å². The summed E-state index contributed by atoms with van der Waals surface area (Å²) in [6.07, 6.45) is 1.66. The molecule has 0 aliphatic rings.